The van der Waals surface area contributed by atoms with Crippen LogP contribution in [0.25, 0.3) is 0 Å². The molecule has 0 radical (unpaired) electrons. The molecule has 0 bridgehead atoms. The van der Waals surface area contributed by atoms with Crippen molar-refractivity contribution < 1.29 is 9.53 Å². The molecule has 0 spiro atoms. The molecule has 1 amide bonds. The molecule has 116 valence electrons. The number of likely N-dealkylation sites (N-methyl/N-ethyl adjacent to an activating group) is 1. The van der Waals surface area contributed by atoms with Crippen LogP contribution < -0.4 is 16.0 Å². The zero-order chi connectivity index (χ0) is 14.8. The molecule has 21 heavy (non-hydrogen) atoms. The number of nitrogens with zero attached hydrogens (tertiary/aromatic N) is 1. The van der Waals surface area contributed by atoms with Crippen molar-refractivity contribution in [2.75, 3.05) is 30.3 Å². The van der Waals surface area contributed by atoms with Crippen LogP contribution >= 0.6 is 11.3 Å². The molecule has 3 N–H and O–H groups in total. The van der Waals surface area contributed by atoms with Crippen molar-refractivity contribution in [1.82, 2.24) is 5.32 Å². The Morgan fingerprint density at radius 1 is 1.52 bits per heavy atom. The lowest BCUT2D eigenvalue weighted by Gasteiger charge is -2.24. The molecule has 1 atom stereocenters. The minimum Gasteiger partial charge on any atom is -0.397 e. The normalized spacial score (nSPS) is 21.5. The predicted molar refractivity (Wildman–Crippen MR) is 86.1 cm³/mol. The van der Waals surface area contributed by atoms with E-state index in [0.29, 0.717) is 22.7 Å². The van der Waals surface area contributed by atoms with Crippen LogP contribution in [0.5, 0.6) is 0 Å². The number of thiophene rings is 1. The minimum absolute atomic E-state index is 0.0283. The Balaban J connectivity index is 1.69. The maximum absolute atomic E-state index is 12.2. The number of rotatable bonds is 6. The lowest BCUT2D eigenvalue weighted by atomic mass is 10.2. The second kappa shape index (κ2) is 6.23. The van der Waals surface area contributed by atoms with Gasteiger partial charge in [-0.05, 0) is 38.7 Å². The fraction of sp³-hybridized carbons (Fsp3) is 0.667. The van der Waals surface area contributed by atoms with Crippen molar-refractivity contribution in [2.24, 2.45) is 0 Å². The Hall–Kier alpha value is -1.27. The average Bonchev–Trinajstić information content (AvgIpc) is 2.99. The van der Waals surface area contributed by atoms with Gasteiger partial charge in [0.1, 0.15) is 4.88 Å². The maximum Gasteiger partial charge on any atom is 0.263 e. The number of nitrogens with one attached hydrogen (secondary N) is 1. The summed E-state index contributed by atoms with van der Waals surface area (Å²) in [7, 11) is 0. The molecule has 1 unspecified atom stereocenters. The van der Waals surface area contributed by atoms with Crippen LogP contribution in [-0.2, 0) is 4.74 Å². The van der Waals surface area contributed by atoms with E-state index in [1.807, 2.05) is 6.07 Å². The molecule has 2 aliphatic rings. The van der Waals surface area contributed by atoms with E-state index in [0.717, 1.165) is 50.4 Å². The third-order valence-electron chi connectivity index (χ3n) is 4.01. The molecule has 6 heteroatoms. The number of anilines is 2. The molecule has 2 heterocycles. The summed E-state index contributed by atoms with van der Waals surface area (Å²) in [5.41, 5.74) is 6.61. The lowest BCUT2D eigenvalue weighted by Crippen LogP contribution is -2.31. The number of carbonyl (C=O) groups is 1. The number of hydrogen-bond acceptors (Lipinski definition) is 5. The number of hydrogen-bond donors (Lipinski definition) is 2. The van der Waals surface area contributed by atoms with Crippen molar-refractivity contribution >= 4 is 27.9 Å². The van der Waals surface area contributed by atoms with Gasteiger partial charge in [-0.25, -0.2) is 0 Å². The lowest BCUT2D eigenvalue weighted by molar-refractivity contribution is 0.0956. The summed E-state index contributed by atoms with van der Waals surface area (Å²) >= 11 is 1.49. The quantitative estimate of drug-likeness (QED) is 0.845. The predicted octanol–water partition coefficient (Wildman–Crippen LogP) is 2.23. The van der Waals surface area contributed by atoms with Gasteiger partial charge in [-0.1, -0.05) is 0 Å². The number of amides is 1. The summed E-state index contributed by atoms with van der Waals surface area (Å²) < 4.78 is 5.70. The van der Waals surface area contributed by atoms with Crippen molar-refractivity contribution in [3.63, 3.8) is 0 Å². The Morgan fingerprint density at radius 3 is 2.95 bits per heavy atom. The smallest absolute Gasteiger partial charge is 0.263 e. The van der Waals surface area contributed by atoms with Crippen LogP contribution in [0.4, 0.5) is 10.7 Å². The first kappa shape index (κ1) is 14.7. The Morgan fingerprint density at radius 2 is 2.33 bits per heavy atom. The Labute approximate surface area is 129 Å². The molecule has 1 aliphatic carbocycles. The van der Waals surface area contributed by atoms with Crippen molar-refractivity contribution in [1.29, 1.82) is 0 Å². The van der Waals surface area contributed by atoms with Gasteiger partial charge in [0.05, 0.1) is 16.8 Å². The molecule has 1 aromatic rings. The van der Waals surface area contributed by atoms with Crippen LogP contribution in [0.15, 0.2) is 6.07 Å². The standard InChI is InChI=1S/C15H23N3O2S/c1-2-18(9-11-4-3-7-20-11)13-8-12(16)14(21-13)15(19)17-10-5-6-10/h8,10-11H,2-7,9,16H2,1H3,(H,17,19). The monoisotopic (exact) mass is 309 g/mol. The van der Waals surface area contributed by atoms with Gasteiger partial charge in [0, 0.05) is 25.7 Å². The van der Waals surface area contributed by atoms with Crippen LogP contribution in [0.3, 0.4) is 0 Å². The number of nitrogens with two attached hydrogens (primary N) is 1. The van der Waals surface area contributed by atoms with Crippen LogP contribution in [-0.4, -0.2) is 37.7 Å². The molecule has 5 nitrogen and oxygen atoms in total. The van der Waals surface area contributed by atoms with Gasteiger partial charge in [0.25, 0.3) is 5.91 Å². The second-order valence-corrected chi connectivity index (χ2v) is 6.82. The van der Waals surface area contributed by atoms with Crippen molar-refractivity contribution in [2.45, 2.75) is 44.8 Å². The molecule has 1 aliphatic heterocycles. The summed E-state index contributed by atoms with van der Waals surface area (Å²) in [6, 6.07) is 2.28. The van der Waals surface area contributed by atoms with Gasteiger partial charge in [-0.2, -0.15) is 0 Å². The van der Waals surface area contributed by atoms with E-state index in [1.165, 1.54) is 11.3 Å². The summed E-state index contributed by atoms with van der Waals surface area (Å²) in [5, 5.41) is 4.06. The zero-order valence-electron chi connectivity index (χ0n) is 12.4. The zero-order valence-corrected chi connectivity index (χ0v) is 13.2. The highest BCUT2D eigenvalue weighted by Gasteiger charge is 2.27. The molecule has 0 aromatic carbocycles. The first-order chi connectivity index (χ1) is 10.2. The third kappa shape index (κ3) is 3.49. The topological polar surface area (TPSA) is 67.6 Å². The van der Waals surface area contributed by atoms with Crippen molar-refractivity contribution in [3.8, 4) is 0 Å². The van der Waals surface area contributed by atoms with Crippen LogP contribution in [0.1, 0.15) is 42.3 Å². The number of ether oxygens (including phenoxy) is 1. The highest BCUT2D eigenvalue weighted by atomic mass is 32.1. The van der Waals surface area contributed by atoms with Gasteiger partial charge >= 0.3 is 0 Å². The van der Waals surface area contributed by atoms with E-state index >= 15 is 0 Å². The summed E-state index contributed by atoms with van der Waals surface area (Å²) in [6.45, 7) is 4.75. The first-order valence-corrected chi connectivity index (χ1v) is 8.55. The largest absolute Gasteiger partial charge is 0.397 e. The van der Waals surface area contributed by atoms with Gasteiger partial charge in [0.15, 0.2) is 0 Å². The molecule has 2 fully saturated rings. The van der Waals surface area contributed by atoms with Crippen molar-refractivity contribution in [3.05, 3.63) is 10.9 Å². The minimum atomic E-state index is -0.0283. The molecule has 1 saturated heterocycles. The number of carbonyl (C=O) groups excluding carboxylic acids is 1. The van der Waals surface area contributed by atoms with E-state index in [2.05, 4.69) is 17.1 Å². The maximum atomic E-state index is 12.2. The van der Waals surface area contributed by atoms with Crippen LogP contribution in [0.2, 0.25) is 0 Å². The average molecular weight is 309 g/mol. The highest BCUT2D eigenvalue weighted by molar-refractivity contribution is 7.18. The van der Waals surface area contributed by atoms with Gasteiger partial charge in [-0.3, -0.25) is 4.79 Å². The first-order valence-electron chi connectivity index (χ1n) is 7.74. The highest BCUT2D eigenvalue weighted by Crippen LogP contribution is 2.33. The Bertz CT molecular complexity index is 507. The fourth-order valence-electron chi connectivity index (χ4n) is 2.61. The van der Waals surface area contributed by atoms with E-state index < -0.39 is 0 Å². The van der Waals surface area contributed by atoms with E-state index in [9.17, 15) is 4.79 Å². The van der Waals surface area contributed by atoms with Crippen LogP contribution in [0, 0.1) is 0 Å². The molecule has 1 aromatic heterocycles. The molecule has 3 rings (SSSR count). The molecular weight excluding hydrogens is 286 g/mol. The molecular formula is C15H23N3O2S. The summed E-state index contributed by atoms with van der Waals surface area (Å²) in [5.74, 6) is -0.0283. The van der Waals surface area contributed by atoms with Gasteiger partial charge in [0.2, 0.25) is 0 Å². The Kier molecular flexibility index (Phi) is 4.35. The van der Waals surface area contributed by atoms with Gasteiger partial charge in [-0.15, -0.1) is 11.3 Å². The second-order valence-electron chi connectivity index (χ2n) is 5.79. The summed E-state index contributed by atoms with van der Waals surface area (Å²) in [4.78, 5) is 15.1. The van der Waals surface area contributed by atoms with E-state index in [4.69, 9.17) is 10.5 Å². The number of nitrogen functional groups attached to an aromatic ring is 1. The SMILES string of the molecule is CCN(CC1CCCO1)c1cc(N)c(C(=O)NC2CC2)s1. The molecule has 1 saturated carbocycles. The van der Waals surface area contributed by atoms with Gasteiger partial charge < -0.3 is 20.7 Å². The van der Waals surface area contributed by atoms with E-state index in [-0.39, 0.29) is 5.91 Å². The van der Waals surface area contributed by atoms with E-state index in [1.54, 1.807) is 0 Å². The third-order valence-corrected chi connectivity index (χ3v) is 5.22. The summed E-state index contributed by atoms with van der Waals surface area (Å²) in [6.07, 6.45) is 4.74. The fourth-order valence-corrected chi connectivity index (χ4v) is 3.67.